The molecule has 0 spiro atoms. The maximum absolute atomic E-state index is 12.2. The maximum atomic E-state index is 12.2. The highest BCUT2D eigenvalue weighted by Gasteiger charge is 2.37. The first-order chi connectivity index (χ1) is 19.8. The van der Waals surface area contributed by atoms with Crippen LogP contribution in [0.1, 0.15) is 24.0 Å². The van der Waals surface area contributed by atoms with Crippen LogP contribution in [-0.2, 0) is 33.0 Å². The molecule has 2 aromatic carbocycles. The molecule has 0 radical (unpaired) electrons. The number of carbonyl (C=O) groups is 2. The molecule has 0 unspecified atom stereocenters. The van der Waals surface area contributed by atoms with Gasteiger partial charge in [-0.3, -0.25) is 0 Å². The van der Waals surface area contributed by atoms with Crippen LogP contribution in [0.4, 0.5) is 21.0 Å². The van der Waals surface area contributed by atoms with Gasteiger partial charge in [0.25, 0.3) is 0 Å². The summed E-state index contributed by atoms with van der Waals surface area (Å²) in [6.45, 7) is 0.945. The number of amides is 4. The molecule has 0 aliphatic carbocycles. The molecule has 4 amide bonds. The molecular formula is C27H44N4O8Si2. The molecule has 0 saturated carbocycles. The minimum absolute atomic E-state index is 0.278. The molecule has 0 aliphatic heterocycles. The van der Waals surface area contributed by atoms with Gasteiger partial charge < -0.3 is 47.8 Å². The lowest BCUT2D eigenvalue weighted by molar-refractivity contribution is 0.122. The summed E-state index contributed by atoms with van der Waals surface area (Å²) in [6.07, 6.45) is 2.06. The highest BCUT2D eigenvalue weighted by molar-refractivity contribution is 6.60. The summed E-state index contributed by atoms with van der Waals surface area (Å²) in [7, 11) is 4.16. The molecular weight excluding hydrogens is 564 g/mol. The number of carbonyl (C=O) groups excluding carboxylic acids is 2. The average molecular weight is 609 g/mol. The Balaban J connectivity index is 1.72. The van der Waals surface area contributed by atoms with Gasteiger partial charge in [0.2, 0.25) is 0 Å². The lowest BCUT2D eigenvalue weighted by atomic mass is 10.0. The molecule has 0 heterocycles. The molecule has 12 nitrogen and oxygen atoms in total. The maximum Gasteiger partial charge on any atom is 0.500 e. The Labute approximate surface area is 245 Å². The van der Waals surface area contributed by atoms with E-state index in [-0.39, 0.29) is 12.1 Å². The summed E-state index contributed by atoms with van der Waals surface area (Å²) in [4.78, 5) is 24.5. The second-order valence-corrected chi connectivity index (χ2v) is 15.3. The molecule has 2 aromatic rings. The molecule has 0 aliphatic rings. The molecule has 0 saturated heterocycles. The van der Waals surface area contributed by atoms with E-state index < -0.39 is 17.6 Å². The van der Waals surface area contributed by atoms with Crippen molar-refractivity contribution < 1.29 is 36.1 Å². The zero-order valence-corrected chi connectivity index (χ0v) is 26.8. The lowest BCUT2D eigenvalue weighted by Gasteiger charge is -2.24. The van der Waals surface area contributed by atoms with Crippen LogP contribution in [0.2, 0.25) is 12.1 Å². The van der Waals surface area contributed by atoms with Gasteiger partial charge in [0.05, 0.1) is 0 Å². The van der Waals surface area contributed by atoms with E-state index in [0.29, 0.717) is 55.8 Å². The van der Waals surface area contributed by atoms with Crippen LogP contribution in [0.5, 0.6) is 0 Å². The molecule has 0 fully saturated rings. The van der Waals surface area contributed by atoms with Gasteiger partial charge >= 0.3 is 29.7 Å². The van der Waals surface area contributed by atoms with Crippen molar-refractivity contribution in [2.45, 2.75) is 31.4 Å². The molecule has 0 bridgehead atoms. The fourth-order valence-electron chi connectivity index (χ4n) is 4.12. The van der Waals surface area contributed by atoms with Crippen LogP contribution in [0.15, 0.2) is 48.5 Å². The monoisotopic (exact) mass is 608 g/mol. The number of anilines is 2. The van der Waals surface area contributed by atoms with Crippen molar-refractivity contribution in [3.8, 4) is 0 Å². The number of nitrogens with one attached hydrogen (secondary N) is 4. The van der Waals surface area contributed by atoms with Gasteiger partial charge in [0.15, 0.2) is 0 Å². The number of hydrogen-bond donors (Lipinski definition) is 4. The molecule has 0 aromatic heterocycles. The van der Waals surface area contributed by atoms with Gasteiger partial charge in [-0.1, -0.05) is 24.3 Å². The second kappa shape index (κ2) is 17.9. The third-order valence-corrected chi connectivity index (χ3v) is 12.3. The minimum atomic E-state index is -2.63. The average Bonchev–Trinajstić information content (AvgIpc) is 3.00. The first kappa shape index (κ1) is 34.4. The SMILES string of the molecule is CO[Si](CCCNC(=O)Nc1ccc(Cc2ccc(NC(=O)NCCC[Si](OC)(OC)OC)cc2)cc1)(OC)OC. The van der Waals surface area contributed by atoms with E-state index in [0.717, 1.165) is 11.1 Å². The predicted octanol–water partition coefficient (Wildman–Crippen LogP) is 4.06. The van der Waals surface area contributed by atoms with Gasteiger partial charge in [0, 0.05) is 79.2 Å². The molecule has 0 atom stereocenters. The van der Waals surface area contributed by atoms with Crippen molar-refractivity contribution in [1.29, 1.82) is 0 Å². The fraction of sp³-hybridized carbons (Fsp3) is 0.481. The van der Waals surface area contributed by atoms with Gasteiger partial charge in [-0.05, 0) is 54.7 Å². The number of hydrogen-bond acceptors (Lipinski definition) is 8. The smallest absolute Gasteiger partial charge is 0.377 e. The number of rotatable bonds is 18. The van der Waals surface area contributed by atoms with E-state index in [1.807, 2.05) is 48.5 Å². The molecule has 4 N–H and O–H groups in total. The molecule has 41 heavy (non-hydrogen) atoms. The van der Waals surface area contributed by atoms with Crippen molar-refractivity contribution in [3.05, 3.63) is 59.7 Å². The highest BCUT2D eigenvalue weighted by Crippen LogP contribution is 2.17. The van der Waals surface area contributed by atoms with Crippen LogP contribution < -0.4 is 21.3 Å². The topological polar surface area (TPSA) is 138 Å². The third kappa shape index (κ3) is 11.5. The van der Waals surface area contributed by atoms with Crippen molar-refractivity contribution in [3.63, 3.8) is 0 Å². The van der Waals surface area contributed by atoms with Crippen molar-refractivity contribution >= 4 is 41.0 Å². The van der Waals surface area contributed by atoms with Crippen molar-refractivity contribution in [2.75, 3.05) is 66.4 Å². The first-order valence-electron chi connectivity index (χ1n) is 13.3. The first-order valence-corrected chi connectivity index (χ1v) is 17.2. The molecule has 2 rings (SSSR count). The van der Waals surface area contributed by atoms with E-state index >= 15 is 0 Å². The number of urea groups is 2. The summed E-state index contributed by atoms with van der Waals surface area (Å²) >= 11 is 0. The fourth-order valence-corrected chi connectivity index (χ4v) is 7.57. The Morgan fingerprint density at radius 1 is 0.561 bits per heavy atom. The predicted molar refractivity (Wildman–Crippen MR) is 162 cm³/mol. The molecule has 228 valence electrons. The largest absolute Gasteiger partial charge is 0.500 e. The summed E-state index contributed by atoms with van der Waals surface area (Å²) in [5, 5.41) is 11.3. The van der Waals surface area contributed by atoms with Gasteiger partial charge in [-0.2, -0.15) is 0 Å². The Hall–Kier alpha value is -2.83. The van der Waals surface area contributed by atoms with E-state index in [9.17, 15) is 9.59 Å². The standard InChI is InChI=1S/C27H44N4O8Si2/c1-34-40(35-2,36-3)19-7-17-28-26(32)30-24-13-9-22(10-14-24)21-23-11-15-25(16-12-23)31-27(33)29-18-8-20-41(37-4,38-5)39-6/h9-16H,7-8,17-21H2,1-6H3,(H2,28,30,32)(H2,29,31,33). The van der Waals surface area contributed by atoms with Gasteiger partial charge in [0.1, 0.15) is 0 Å². The van der Waals surface area contributed by atoms with E-state index in [2.05, 4.69) is 21.3 Å². The highest BCUT2D eigenvalue weighted by atomic mass is 28.4. The van der Waals surface area contributed by atoms with E-state index in [1.165, 1.54) is 0 Å². The summed E-state index contributed by atoms with van der Waals surface area (Å²) in [5.41, 5.74) is 3.59. The minimum Gasteiger partial charge on any atom is -0.377 e. The second-order valence-electron chi connectivity index (χ2n) is 9.13. The van der Waals surface area contributed by atoms with Gasteiger partial charge in [-0.25, -0.2) is 9.59 Å². The van der Waals surface area contributed by atoms with Crippen LogP contribution in [-0.4, -0.2) is 85.4 Å². The quantitative estimate of drug-likeness (QED) is 0.147. The summed E-state index contributed by atoms with van der Waals surface area (Å²) in [5.74, 6) is 0. The lowest BCUT2D eigenvalue weighted by Crippen LogP contribution is -2.43. The van der Waals surface area contributed by atoms with Gasteiger partial charge in [-0.15, -0.1) is 0 Å². The van der Waals surface area contributed by atoms with Crippen LogP contribution >= 0.6 is 0 Å². The summed E-state index contributed by atoms with van der Waals surface area (Å²) < 4.78 is 32.3. The zero-order chi connectivity index (χ0) is 30.1. The van der Waals surface area contributed by atoms with Crippen LogP contribution in [0.25, 0.3) is 0 Å². The Bertz CT molecular complexity index is 952. The Morgan fingerprint density at radius 2 is 0.878 bits per heavy atom. The Kier molecular flexibility index (Phi) is 15.0. The zero-order valence-electron chi connectivity index (χ0n) is 24.8. The van der Waals surface area contributed by atoms with Crippen molar-refractivity contribution in [1.82, 2.24) is 10.6 Å². The molecule has 14 heteroatoms. The van der Waals surface area contributed by atoms with E-state index in [1.54, 1.807) is 42.7 Å². The van der Waals surface area contributed by atoms with E-state index in [4.69, 9.17) is 26.6 Å². The third-order valence-electron chi connectivity index (χ3n) is 6.59. The van der Waals surface area contributed by atoms with Crippen LogP contribution in [0.3, 0.4) is 0 Å². The normalized spacial score (nSPS) is 11.7. The number of benzene rings is 2. The Morgan fingerprint density at radius 3 is 1.17 bits per heavy atom. The van der Waals surface area contributed by atoms with Crippen LogP contribution in [0, 0.1) is 0 Å². The summed E-state index contributed by atoms with van der Waals surface area (Å²) in [6, 6.07) is 16.0. The van der Waals surface area contributed by atoms with Crippen molar-refractivity contribution in [2.24, 2.45) is 0 Å².